The van der Waals surface area contributed by atoms with E-state index < -0.39 is 23.8 Å². The Morgan fingerprint density at radius 2 is 1.06 bits per heavy atom. The van der Waals surface area contributed by atoms with Gasteiger partial charge in [-0.1, -0.05) is 133 Å². The summed E-state index contributed by atoms with van der Waals surface area (Å²) in [4.78, 5) is 16.7. The minimum absolute atomic E-state index is 0.279. The lowest BCUT2D eigenvalue weighted by Crippen LogP contribution is -2.55. The van der Waals surface area contributed by atoms with Gasteiger partial charge in [0.1, 0.15) is 12.4 Å². The molecule has 0 saturated heterocycles. The van der Waals surface area contributed by atoms with Gasteiger partial charge < -0.3 is 19.8 Å². The van der Waals surface area contributed by atoms with Crippen molar-refractivity contribution in [3.05, 3.63) is 173 Å². The highest BCUT2D eigenvalue weighted by molar-refractivity contribution is 5.66. The highest BCUT2D eigenvalue weighted by atomic mass is 16.5. The van der Waals surface area contributed by atoms with Gasteiger partial charge in [0.2, 0.25) is 0 Å². The number of carbonyl (C=O) groups is 1. The molecule has 0 radical (unpaired) electrons. The first-order valence-electron chi connectivity index (χ1n) is 17.5. The van der Waals surface area contributed by atoms with Gasteiger partial charge in [0.15, 0.2) is 0 Å². The number of aliphatic hydroxyl groups is 1. The first kappa shape index (κ1) is 36.4. The van der Waals surface area contributed by atoms with Gasteiger partial charge in [-0.15, -0.1) is 0 Å². The number of rotatable bonds is 16. The van der Waals surface area contributed by atoms with E-state index in [1.807, 2.05) is 130 Å². The molecule has 5 aromatic carbocycles. The maximum atomic E-state index is 12.8. The number of hydrogen-bond acceptors (Lipinski definition) is 4. The average molecular weight is 671 g/mol. The quantitative estimate of drug-likeness (QED) is 0.110. The van der Waals surface area contributed by atoms with Crippen LogP contribution in [0.1, 0.15) is 55.0 Å². The fourth-order valence-corrected chi connectivity index (χ4v) is 6.73. The zero-order chi connectivity index (χ0) is 35.3. The van der Waals surface area contributed by atoms with E-state index in [1.54, 1.807) is 0 Å². The number of amides is 1. The molecule has 1 amide bonds. The van der Waals surface area contributed by atoms with Gasteiger partial charge in [-0.3, -0.25) is 4.90 Å². The molecule has 0 fully saturated rings. The van der Waals surface area contributed by atoms with Crippen LogP contribution in [0, 0.1) is 0 Å². The molecule has 0 aliphatic carbocycles. The van der Waals surface area contributed by atoms with Crippen LogP contribution in [-0.4, -0.2) is 49.8 Å². The van der Waals surface area contributed by atoms with E-state index in [1.165, 1.54) is 4.90 Å². The second kappa shape index (κ2) is 17.7. The molecule has 6 nitrogen and oxygen atoms in total. The van der Waals surface area contributed by atoms with Gasteiger partial charge in [0.25, 0.3) is 0 Å². The molecule has 0 aliphatic heterocycles. The third-order valence-electron chi connectivity index (χ3n) is 9.11. The molecule has 0 saturated carbocycles. The van der Waals surface area contributed by atoms with Crippen molar-refractivity contribution in [2.75, 3.05) is 0 Å². The second-order valence-corrected chi connectivity index (χ2v) is 14.0. The summed E-state index contributed by atoms with van der Waals surface area (Å²) in [7, 11) is 0. The van der Waals surface area contributed by atoms with E-state index in [0.29, 0.717) is 32.5 Å². The number of nitrogens with zero attached hydrogens (tertiary/aromatic N) is 2. The Bertz CT molecular complexity index is 1670. The Morgan fingerprint density at radius 3 is 1.52 bits per heavy atom. The molecule has 3 atom stereocenters. The Kier molecular flexibility index (Phi) is 12.8. The van der Waals surface area contributed by atoms with Crippen LogP contribution < -0.4 is 4.74 Å². The van der Waals surface area contributed by atoms with Crippen LogP contribution in [0.25, 0.3) is 0 Å². The molecule has 0 aliphatic rings. The van der Waals surface area contributed by atoms with Gasteiger partial charge in [-0.25, -0.2) is 4.79 Å². The van der Waals surface area contributed by atoms with Crippen LogP contribution in [0.2, 0.25) is 0 Å². The van der Waals surface area contributed by atoms with Crippen LogP contribution in [-0.2, 0) is 32.5 Å². The number of carboxylic acid groups (broad SMARTS) is 1. The van der Waals surface area contributed by atoms with Crippen molar-refractivity contribution in [1.82, 2.24) is 9.80 Å². The molecule has 50 heavy (non-hydrogen) atoms. The highest BCUT2D eigenvalue weighted by Gasteiger charge is 2.37. The average Bonchev–Trinajstić information content (AvgIpc) is 3.11. The Hall–Kier alpha value is -4.91. The van der Waals surface area contributed by atoms with Gasteiger partial charge in [0.05, 0.1) is 6.10 Å². The minimum Gasteiger partial charge on any atom is -0.489 e. The van der Waals surface area contributed by atoms with Gasteiger partial charge in [0, 0.05) is 30.7 Å². The molecule has 0 unspecified atom stereocenters. The molecule has 0 heterocycles. The molecule has 6 heteroatoms. The van der Waals surface area contributed by atoms with Gasteiger partial charge in [-0.05, 0) is 80.0 Å². The maximum Gasteiger partial charge on any atom is 0.407 e. The lowest BCUT2D eigenvalue weighted by atomic mass is 9.89. The fraction of sp³-hybridized carbons (Fsp3) is 0.295. The normalized spacial score (nSPS) is 13.4. The number of hydrogen-bond donors (Lipinski definition) is 2. The van der Waals surface area contributed by atoms with E-state index in [0.717, 1.165) is 33.6 Å². The summed E-state index contributed by atoms with van der Waals surface area (Å²) in [6.45, 7) is 7.49. The van der Waals surface area contributed by atoms with E-state index in [2.05, 4.69) is 41.3 Å². The zero-order valence-corrected chi connectivity index (χ0v) is 29.4. The van der Waals surface area contributed by atoms with Crippen molar-refractivity contribution < 1.29 is 19.7 Å². The van der Waals surface area contributed by atoms with Crippen molar-refractivity contribution in [2.45, 2.75) is 83.5 Å². The number of ether oxygens (including phenoxy) is 1. The molecule has 5 rings (SSSR count). The minimum atomic E-state index is -0.987. The van der Waals surface area contributed by atoms with E-state index in [4.69, 9.17) is 4.74 Å². The summed E-state index contributed by atoms with van der Waals surface area (Å²) >= 11 is 0. The third kappa shape index (κ3) is 10.8. The molecule has 0 spiro atoms. The summed E-state index contributed by atoms with van der Waals surface area (Å²) in [6.07, 6.45) is -0.478. The summed E-state index contributed by atoms with van der Waals surface area (Å²) in [5.74, 6) is 0.783. The zero-order valence-electron chi connectivity index (χ0n) is 29.4. The molecular formula is C44H50N2O4. The van der Waals surface area contributed by atoms with Crippen molar-refractivity contribution in [2.24, 2.45) is 0 Å². The standard InChI is InChI=1S/C44H50N2O4/c1-44(2,3)46(43(48)49)39(28-34-16-8-4-9-17-34)30-42(47)41(29-35-24-26-40(27-25-35)50-33-38-22-14-7-15-23-38)45(31-36-18-10-5-11-19-36)32-37-20-12-6-13-21-37/h4-27,39,41-42,47H,28-33H2,1-3H3,(H,48,49)/t39-,41-,42-/m0/s1. The third-order valence-corrected chi connectivity index (χ3v) is 9.11. The summed E-state index contributed by atoms with van der Waals surface area (Å²) in [5, 5.41) is 22.9. The maximum absolute atomic E-state index is 12.8. The van der Waals surface area contributed by atoms with Crippen LogP contribution in [0.4, 0.5) is 4.79 Å². The fourth-order valence-electron chi connectivity index (χ4n) is 6.73. The van der Waals surface area contributed by atoms with Crippen molar-refractivity contribution in [3.63, 3.8) is 0 Å². The molecular weight excluding hydrogens is 620 g/mol. The molecule has 2 N–H and O–H groups in total. The summed E-state index contributed by atoms with van der Waals surface area (Å²) < 4.78 is 6.07. The Labute approximate surface area is 297 Å². The Morgan fingerprint density at radius 1 is 0.620 bits per heavy atom. The van der Waals surface area contributed by atoms with Crippen molar-refractivity contribution in [1.29, 1.82) is 0 Å². The largest absolute Gasteiger partial charge is 0.489 e. The first-order valence-corrected chi connectivity index (χ1v) is 17.5. The van der Waals surface area contributed by atoms with E-state index in [9.17, 15) is 15.0 Å². The Balaban J connectivity index is 1.47. The second-order valence-electron chi connectivity index (χ2n) is 14.0. The van der Waals surface area contributed by atoms with E-state index >= 15 is 0 Å². The summed E-state index contributed by atoms with van der Waals surface area (Å²) in [5.41, 5.74) is 4.84. The van der Waals surface area contributed by atoms with E-state index in [-0.39, 0.29) is 12.5 Å². The van der Waals surface area contributed by atoms with Gasteiger partial charge >= 0.3 is 6.09 Å². The molecule has 5 aromatic rings. The smallest absolute Gasteiger partial charge is 0.407 e. The highest BCUT2D eigenvalue weighted by Crippen LogP contribution is 2.28. The van der Waals surface area contributed by atoms with Crippen LogP contribution in [0.15, 0.2) is 146 Å². The van der Waals surface area contributed by atoms with Crippen LogP contribution in [0.5, 0.6) is 5.75 Å². The topological polar surface area (TPSA) is 73.2 Å². The van der Waals surface area contributed by atoms with Crippen LogP contribution in [0.3, 0.4) is 0 Å². The predicted octanol–water partition coefficient (Wildman–Crippen LogP) is 9.02. The monoisotopic (exact) mass is 670 g/mol. The number of aliphatic hydroxyl groups excluding tert-OH is 1. The lowest BCUT2D eigenvalue weighted by molar-refractivity contribution is 0.00188. The predicted molar refractivity (Wildman–Crippen MR) is 201 cm³/mol. The first-order chi connectivity index (χ1) is 24.2. The van der Waals surface area contributed by atoms with Crippen LogP contribution >= 0.6 is 0 Å². The molecule has 0 bridgehead atoms. The molecule has 0 aromatic heterocycles. The SMILES string of the molecule is CC(C)(C)N(C(=O)O)[C@@H](Cc1ccccc1)C[C@H](O)[C@H](Cc1ccc(OCc2ccccc2)cc1)N(Cc1ccccc1)Cc1ccccc1. The van der Waals surface area contributed by atoms with Crippen molar-refractivity contribution >= 4 is 6.09 Å². The lowest BCUT2D eigenvalue weighted by Gasteiger charge is -2.43. The number of benzene rings is 5. The molecule has 260 valence electrons. The summed E-state index contributed by atoms with van der Waals surface area (Å²) in [6, 6.07) is 48.1. The van der Waals surface area contributed by atoms with Gasteiger partial charge in [-0.2, -0.15) is 0 Å². The van der Waals surface area contributed by atoms with Crippen molar-refractivity contribution in [3.8, 4) is 5.75 Å².